The number of anilines is 1. The Labute approximate surface area is 185 Å². The van der Waals surface area contributed by atoms with Crippen LogP contribution in [0.5, 0.6) is 0 Å². The number of rotatable bonds is 6. The number of thiazole rings is 1. The number of benzene rings is 2. The molecule has 0 N–H and O–H groups in total. The fourth-order valence-electron chi connectivity index (χ4n) is 3.34. The zero-order valence-corrected chi connectivity index (χ0v) is 18.3. The molecule has 1 saturated heterocycles. The number of nitrogens with zero attached hydrogens (tertiary/aromatic N) is 3. The second-order valence-electron chi connectivity index (χ2n) is 6.85. The fourth-order valence-corrected chi connectivity index (χ4v) is 4.45. The maximum Gasteiger partial charge on any atom is 0.282 e. The number of ether oxygens (including phenoxy) is 1. The Bertz CT molecular complexity index is 1060. The van der Waals surface area contributed by atoms with Crippen molar-refractivity contribution in [2.24, 2.45) is 0 Å². The van der Waals surface area contributed by atoms with Crippen molar-refractivity contribution in [1.29, 1.82) is 0 Å². The molecule has 9 heteroatoms. The first kappa shape index (κ1) is 20.6. The number of carbonyl (C=O) groups excluding carboxylic acids is 1. The topological polar surface area (TPSA) is 85.6 Å². The molecule has 1 aromatic heterocycles. The number of nitro groups is 1. The zero-order valence-electron chi connectivity index (χ0n) is 15.9. The highest BCUT2D eigenvalue weighted by Gasteiger charge is 2.30. The third kappa shape index (κ3) is 4.43. The minimum atomic E-state index is -0.535. The predicted molar refractivity (Wildman–Crippen MR) is 119 cm³/mol. The standard InChI is InChI=1S/C21H18BrN3O4S/c22-15-9-7-14(8-10-15)18-13-30-21(23-18)24(12-16-4-3-11-29-16)20(26)17-5-1-2-6-19(17)25(27)28/h1-2,5-10,13,16H,3-4,11-12H2. The van der Waals surface area contributed by atoms with Crippen molar-refractivity contribution in [3.63, 3.8) is 0 Å². The molecule has 0 aliphatic carbocycles. The van der Waals surface area contributed by atoms with Crippen molar-refractivity contribution in [2.45, 2.75) is 18.9 Å². The first-order valence-corrected chi connectivity index (χ1v) is 11.1. The van der Waals surface area contributed by atoms with E-state index in [0.717, 1.165) is 28.6 Å². The summed E-state index contributed by atoms with van der Waals surface area (Å²) in [6.45, 7) is 0.957. The number of hydrogen-bond acceptors (Lipinski definition) is 6. The highest BCUT2D eigenvalue weighted by atomic mass is 79.9. The van der Waals surface area contributed by atoms with Gasteiger partial charge in [0.25, 0.3) is 11.6 Å². The molecule has 1 atom stereocenters. The van der Waals surface area contributed by atoms with Gasteiger partial charge in [0.2, 0.25) is 0 Å². The van der Waals surface area contributed by atoms with Gasteiger partial charge in [0.05, 0.1) is 23.3 Å². The van der Waals surface area contributed by atoms with Gasteiger partial charge >= 0.3 is 0 Å². The van der Waals surface area contributed by atoms with E-state index >= 15 is 0 Å². The number of aromatic nitrogens is 1. The molecule has 0 bridgehead atoms. The van der Waals surface area contributed by atoms with E-state index in [1.807, 2.05) is 29.6 Å². The van der Waals surface area contributed by atoms with Crippen molar-refractivity contribution >= 4 is 44.0 Å². The molecule has 1 aliphatic heterocycles. The summed E-state index contributed by atoms with van der Waals surface area (Å²) in [7, 11) is 0. The van der Waals surface area contributed by atoms with Crippen LogP contribution in [-0.4, -0.2) is 35.1 Å². The smallest absolute Gasteiger partial charge is 0.282 e. The van der Waals surface area contributed by atoms with Gasteiger partial charge in [-0.15, -0.1) is 11.3 Å². The van der Waals surface area contributed by atoms with Crippen molar-refractivity contribution < 1.29 is 14.5 Å². The SMILES string of the molecule is O=C(c1ccccc1[N+](=O)[O-])N(CC1CCCO1)c1nc(-c2ccc(Br)cc2)cs1. The van der Waals surface area contributed by atoms with Crippen LogP contribution in [0.25, 0.3) is 11.3 Å². The van der Waals surface area contributed by atoms with Crippen LogP contribution >= 0.6 is 27.3 Å². The number of para-hydroxylation sites is 1. The summed E-state index contributed by atoms with van der Waals surface area (Å²) in [6.07, 6.45) is 1.66. The normalized spacial score (nSPS) is 15.8. The van der Waals surface area contributed by atoms with Gasteiger partial charge in [-0.1, -0.05) is 40.2 Å². The summed E-state index contributed by atoms with van der Waals surface area (Å²) in [5.74, 6) is -0.450. The Morgan fingerprint density at radius 3 is 2.73 bits per heavy atom. The van der Waals surface area contributed by atoms with E-state index in [-0.39, 0.29) is 17.4 Å². The highest BCUT2D eigenvalue weighted by molar-refractivity contribution is 9.10. The van der Waals surface area contributed by atoms with Gasteiger partial charge in [-0.2, -0.15) is 0 Å². The Morgan fingerprint density at radius 1 is 1.27 bits per heavy atom. The highest BCUT2D eigenvalue weighted by Crippen LogP contribution is 2.31. The summed E-state index contributed by atoms with van der Waals surface area (Å²) >= 11 is 4.75. The lowest BCUT2D eigenvalue weighted by atomic mass is 10.1. The lowest BCUT2D eigenvalue weighted by Crippen LogP contribution is -2.37. The average molecular weight is 488 g/mol. The second-order valence-corrected chi connectivity index (χ2v) is 8.60. The molecule has 0 spiro atoms. The van der Waals surface area contributed by atoms with Gasteiger partial charge < -0.3 is 4.74 Å². The minimum Gasteiger partial charge on any atom is -0.376 e. The summed E-state index contributed by atoms with van der Waals surface area (Å²) in [5, 5.41) is 13.8. The van der Waals surface area contributed by atoms with Crippen molar-refractivity contribution in [1.82, 2.24) is 4.98 Å². The summed E-state index contributed by atoms with van der Waals surface area (Å²) < 4.78 is 6.68. The van der Waals surface area contributed by atoms with Crippen LogP contribution in [0, 0.1) is 10.1 Å². The molecule has 30 heavy (non-hydrogen) atoms. The van der Waals surface area contributed by atoms with Gasteiger partial charge in [-0.3, -0.25) is 19.8 Å². The number of amides is 1. The molecule has 3 aromatic rings. The molecular formula is C21H18BrN3O4S. The van der Waals surface area contributed by atoms with Crippen molar-refractivity contribution in [2.75, 3.05) is 18.1 Å². The molecule has 1 fully saturated rings. The van der Waals surface area contributed by atoms with Gasteiger partial charge in [-0.05, 0) is 31.0 Å². The fraction of sp³-hybridized carbons (Fsp3) is 0.238. The van der Waals surface area contributed by atoms with Crippen LogP contribution in [0.1, 0.15) is 23.2 Å². The predicted octanol–water partition coefficient (Wildman–Crippen LogP) is 5.31. The molecule has 1 amide bonds. The van der Waals surface area contributed by atoms with Crippen LogP contribution in [0.2, 0.25) is 0 Å². The Morgan fingerprint density at radius 2 is 2.03 bits per heavy atom. The zero-order chi connectivity index (χ0) is 21.1. The Balaban J connectivity index is 1.69. The molecule has 7 nitrogen and oxygen atoms in total. The van der Waals surface area contributed by atoms with E-state index in [4.69, 9.17) is 4.74 Å². The van der Waals surface area contributed by atoms with Gasteiger partial charge in [0, 0.05) is 28.1 Å². The van der Waals surface area contributed by atoms with Gasteiger partial charge in [-0.25, -0.2) is 4.98 Å². The number of carbonyl (C=O) groups is 1. The van der Waals surface area contributed by atoms with Crippen LogP contribution in [0.4, 0.5) is 10.8 Å². The molecule has 4 rings (SSSR count). The first-order valence-electron chi connectivity index (χ1n) is 9.41. The molecule has 2 heterocycles. The van der Waals surface area contributed by atoms with Gasteiger partial charge in [0.1, 0.15) is 5.56 Å². The maximum atomic E-state index is 13.4. The number of nitro benzene ring substituents is 1. The molecule has 0 radical (unpaired) electrons. The average Bonchev–Trinajstić information content (AvgIpc) is 3.44. The summed E-state index contributed by atoms with van der Waals surface area (Å²) in [6, 6.07) is 13.7. The Hall–Kier alpha value is -2.62. The molecule has 0 saturated carbocycles. The monoisotopic (exact) mass is 487 g/mol. The third-order valence-corrected chi connectivity index (χ3v) is 6.24. The minimum absolute atomic E-state index is 0.0425. The van der Waals surface area contributed by atoms with E-state index in [0.29, 0.717) is 18.3 Å². The number of hydrogen-bond donors (Lipinski definition) is 0. The summed E-state index contributed by atoms with van der Waals surface area (Å²) in [5.41, 5.74) is 1.50. The van der Waals surface area contributed by atoms with E-state index in [9.17, 15) is 14.9 Å². The van der Waals surface area contributed by atoms with Crippen LogP contribution in [-0.2, 0) is 4.74 Å². The first-order chi connectivity index (χ1) is 14.5. The maximum absolute atomic E-state index is 13.4. The third-order valence-electron chi connectivity index (χ3n) is 4.85. The summed E-state index contributed by atoms with van der Waals surface area (Å²) in [4.78, 5) is 30.4. The molecule has 1 aliphatic rings. The lowest BCUT2D eigenvalue weighted by molar-refractivity contribution is -0.385. The van der Waals surface area contributed by atoms with Crippen molar-refractivity contribution in [3.8, 4) is 11.3 Å². The van der Waals surface area contributed by atoms with E-state index in [1.54, 1.807) is 12.1 Å². The van der Waals surface area contributed by atoms with Gasteiger partial charge in [0.15, 0.2) is 5.13 Å². The quantitative estimate of drug-likeness (QED) is 0.347. The molecular weight excluding hydrogens is 470 g/mol. The number of halogens is 1. The molecule has 1 unspecified atom stereocenters. The van der Waals surface area contributed by atoms with E-state index < -0.39 is 10.8 Å². The lowest BCUT2D eigenvalue weighted by Gasteiger charge is -2.23. The van der Waals surface area contributed by atoms with E-state index in [2.05, 4.69) is 20.9 Å². The molecule has 154 valence electrons. The second kappa shape index (κ2) is 9.03. The molecule has 2 aromatic carbocycles. The van der Waals surface area contributed by atoms with E-state index in [1.165, 1.54) is 28.4 Å². The van der Waals surface area contributed by atoms with Crippen molar-refractivity contribution in [3.05, 3.63) is 74.1 Å². The largest absolute Gasteiger partial charge is 0.376 e. The van der Waals surface area contributed by atoms with Crippen LogP contribution < -0.4 is 4.90 Å². The van der Waals surface area contributed by atoms with Crippen LogP contribution in [0.15, 0.2) is 58.4 Å². The Kier molecular flexibility index (Phi) is 6.21. The van der Waals surface area contributed by atoms with Crippen LogP contribution in [0.3, 0.4) is 0 Å².